The topological polar surface area (TPSA) is 88.4 Å². The van der Waals surface area contributed by atoms with Crippen molar-refractivity contribution in [2.24, 2.45) is 0 Å². The molecule has 0 radical (unpaired) electrons. The zero-order valence-corrected chi connectivity index (χ0v) is 22.1. The lowest BCUT2D eigenvalue weighted by Gasteiger charge is -2.27. The van der Waals surface area contributed by atoms with E-state index in [-0.39, 0.29) is 13.3 Å². The summed E-state index contributed by atoms with van der Waals surface area (Å²) >= 11 is -1.34. The molecule has 2 aromatic rings. The molecule has 32 heavy (non-hydrogen) atoms. The number of nitrogens with zero attached hydrogens (tertiary/aromatic N) is 2. The van der Waals surface area contributed by atoms with Crippen molar-refractivity contribution in [2.45, 2.75) is 70.9 Å². The van der Waals surface area contributed by atoms with Crippen molar-refractivity contribution in [2.75, 3.05) is 13.2 Å². The average Bonchev–Trinajstić information content (AvgIpc) is 3.12. The second-order valence-corrected chi connectivity index (χ2v) is 17.5. The minimum Gasteiger partial charge on any atom is -0.598 e. The Morgan fingerprint density at radius 1 is 1.31 bits per heavy atom. The first-order valence-electron chi connectivity index (χ1n) is 11.0. The van der Waals surface area contributed by atoms with E-state index < -0.39 is 36.2 Å². The SMILES string of the molecule is CCOC(=O)c1cc(C(N[S+]([O-])C(C)(C)C)c2ccccn2)cn1COCC[Si](C)(C)C. The Bertz CT molecular complexity index is 862. The Morgan fingerprint density at radius 3 is 2.59 bits per heavy atom. The van der Waals surface area contributed by atoms with Crippen LogP contribution in [0.3, 0.4) is 0 Å². The van der Waals surface area contributed by atoms with Crippen LogP contribution in [-0.4, -0.2) is 46.1 Å². The summed E-state index contributed by atoms with van der Waals surface area (Å²) in [5.41, 5.74) is 1.90. The minimum absolute atomic E-state index is 0.246. The summed E-state index contributed by atoms with van der Waals surface area (Å²) in [4.78, 5) is 17.1. The van der Waals surface area contributed by atoms with Gasteiger partial charge in [0.15, 0.2) is 0 Å². The molecule has 0 saturated carbocycles. The fourth-order valence-electron chi connectivity index (χ4n) is 2.84. The number of carbonyl (C=O) groups is 1. The highest BCUT2D eigenvalue weighted by atomic mass is 32.2. The number of nitrogens with one attached hydrogen (secondary N) is 1. The van der Waals surface area contributed by atoms with Gasteiger partial charge in [0.05, 0.1) is 12.3 Å². The van der Waals surface area contributed by atoms with Crippen molar-refractivity contribution in [1.82, 2.24) is 14.3 Å². The minimum atomic E-state index is -1.34. The molecule has 0 aliphatic rings. The molecular weight excluding hydrogens is 442 g/mol. The van der Waals surface area contributed by atoms with E-state index in [0.29, 0.717) is 12.3 Å². The summed E-state index contributed by atoms with van der Waals surface area (Å²) in [7, 11) is -1.21. The molecule has 178 valence electrons. The fraction of sp³-hybridized carbons (Fsp3) is 0.565. The zero-order valence-electron chi connectivity index (χ0n) is 20.3. The van der Waals surface area contributed by atoms with Gasteiger partial charge >= 0.3 is 5.97 Å². The molecule has 2 aromatic heterocycles. The Labute approximate surface area is 196 Å². The molecule has 0 aliphatic carbocycles. The van der Waals surface area contributed by atoms with Crippen molar-refractivity contribution in [1.29, 1.82) is 0 Å². The van der Waals surface area contributed by atoms with Gasteiger partial charge in [-0.05, 0) is 57.5 Å². The lowest BCUT2D eigenvalue weighted by molar-refractivity contribution is 0.0473. The monoisotopic (exact) mass is 479 g/mol. The van der Waals surface area contributed by atoms with E-state index in [1.165, 1.54) is 0 Å². The first kappa shape index (κ1) is 26.6. The first-order valence-corrected chi connectivity index (χ1v) is 15.8. The van der Waals surface area contributed by atoms with Gasteiger partial charge in [-0.2, -0.15) is 0 Å². The molecule has 9 heteroatoms. The van der Waals surface area contributed by atoms with Gasteiger partial charge in [-0.15, -0.1) is 4.72 Å². The van der Waals surface area contributed by atoms with Crippen LogP contribution in [-0.2, 0) is 27.6 Å². The van der Waals surface area contributed by atoms with Gasteiger partial charge in [-0.3, -0.25) is 4.98 Å². The molecule has 0 bridgehead atoms. The van der Waals surface area contributed by atoms with Crippen molar-refractivity contribution >= 4 is 25.4 Å². The summed E-state index contributed by atoms with van der Waals surface area (Å²) in [5, 5.41) is 0. The molecule has 2 atom stereocenters. The fourth-order valence-corrected chi connectivity index (χ4v) is 4.43. The number of esters is 1. The molecule has 0 saturated heterocycles. The summed E-state index contributed by atoms with van der Waals surface area (Å²) in [5.74, 6) is -0.413. The Hall–Kier alpha value is -1.65. The summed E-state index contributed by atoms with van der Waals surface area (Å²) in [6.45, 7) is 15.6. The lowest BCUT2D eigenvalue weighted by Crippen LogP contribution is -2.41. The standard InChI is InChI=1S/C23H37N3O4SSi/c1-8-30-22(27)20-15-18(16-26(20)17-29-13-14-32(5,6)7)21(19-11-9-10-12-24-19)25-31(28)23(2,3)4/h9-12,15-16,21,25H,8,13-14,17H2,1-7H3. The van der Waals surface area contributed by atoms with Crippen LogP contribution in [0.2, 0.25) is 25.7 Å². The highest BCUT2D eigenvalue weighted by molar-refractivity contribution is 7.90. The summed E-state index contributed by atoms with van der Waals surface area (Å²) in [6, 6.07) is 7.96. The number of pyridine rings is 1. The van der Waals surface area contributed by atoms with Gasteiger partial charge in [0.1, 0.15) is 23.2 Å². The van der Waals surface area contributed by atoms with Crippen LogP contribution in [0.1, 0.15) is 55.5 Å². The number of hydrogen-bond acceptors (Lipinski definition) is 6. The Balaban J connectivity index is 2.36. The Kier molecular flexibility index (Phi) is 9.53. The molecule has 0 amide bonds. The van der Waals surface area contributed by atoms with Crippen LogP contribution in [0.5, 0.6) is 0 Å². The zero-order chi connectivity index (χ0) is 23.9. The summed E-state index contributed by atoms with van der Waals surface area (Å²) < 4.78 is 28.6. The highest BCUT2D eigenvalue weighted by Gasteiger charge is 2.32. The molecule has 7 nitrogen and oxygen atoms in total. The second-order valence-electron chi connectivity index (χ2n) is 9.88. The van der Waals surface area contributed by atoms with Crippen molar-refractivity contribution in [3.05, 3.63) is 53.6 Å². The molecule has 0 aliphatic heterocycles. The number of aromatic nitrogens is 2. The number of rotatable bonds is 11. The first-order chi connectivity index (χ1) is 14.9. The maximum Gasteiger partial charge on any atom is 0.355 e. The maximum absolute atomic E-state index is 12.9. The van der Waals surface area contributed by atoms with Crippen molar-refractivity contribution in [3.8, 4) is 0 Å². The van der Waals surface area contributed by atoms with E-state index in [1.807, 2.05) is 45.2 Å². The highest BCUT2D eigenvalue weighted by Crippen LogP contribution is 2.27. The van der Waals surface area contributed by atoms with E-state index in [9.17, 15) is 9.35 Å². The maximum atomic E-state index is 12.9. The van der Waals surface area contributed by atoms with Crippen LogP contribution < -0.4 is 4.72 Å². The van der Waals surface area contributed by atoms with Crippen LogP contribution in [0.15, 0.2) is 36.7 Å². The predicted octanol–water partition coefficient (Wildman–Crippen LogP) is 4.51. The van der Waals surface area contributed by atoms with E-state index in [1.54, 1.807) is 23.8 Å². The van der Waals surface area contributed by atoms with E-state index in [4.69, 9.17) is 9.47 Å². The molecule has 0 fully saturated rings. The average molecular weight is 480 g/mol. The molecule has 2 rings (SSSR count). The molecule has 2 heterocycles. The molecule has 0 spiro atoms. The predicted molar refractivity (Wildman–Crippen MR) is 132 cm³/mol. The largest absolute Gasteiger partial charge is 0.598 e. The number of ether oxygens (including phenoxy) is 2. The summed E-state index contributed by atoms with van der Waals surface area (Å²) in [6.07, 6.45) is 3.56. The van der Waals surface area contributed by atoms with Gasteiger partial charge in [0.25, 0.3) is 0 Å². The third kappa shape index (κ3) is 8.04. The third-order valence-electron chi connectivity index (χ3n) is 4.73. The van der Waals surface area contributed by atoms with E-state index in [0.717, 1.165) is 17.3 Å². The van der Waals surface area contributed by atoms with Crippen molar-refractivity contribution in [3.63, 3.8) is 0 Å². The number of carbonyl (C=O) groups excluding carboxylic acids is 1. The molecule has 0 aromatic carbocycles. The third-order valence-corrected chi connectivity index (χ3v) is 7.99. The Morgan fingerprint density at radius 2 is 2.03 bits per heavy atom. The quantitative estimate of drug-likeness (QED) is 0.221. The van der Waals surface area contributed by atoms with Gasteiger partial charge < -0.3 is 18.6 Å². The molecule has 1 N–H and O–H groups in total. The van der Waals surface area contributed by atoms with Gasteiger partial charge in [0, 0.05) is 38.4 Å². The molecular formula is C23H37N3O4SSi. The van der Waals surface area contributed by atoms with E-state index in [2.05, 4.69) is 29.3 Å². The normalized spacial score (nSPS) is 14.2. The van der Waals surface area contributed by atoms with Crippen LogP contribution in [0.25, 0.3) is 0 Å². The van der Waals surface area contributed by atoms with Gasteiger partial charge in [0.2, 0.25) is 0 Å². The van der Waals surface area contributed by atoms with Crippen LogP contribution >= 0.6 is 0 Å². The van der Waals surface area contributed by atoms with E-state index >= 15 is 0 Å². The van der Waals surface area contributed by atoms with Crippen LogP contribution in [0, 0.1) is 0 Å². The lowest BCUT2D eigenvalue weighted by atomic mass is 10.1. The van der Waals surface area contributed by atoms with Crippen LogP contribution in [0.4, 0.5) is 0 Å². The second kappa shape index (κ2) is 11.5. The van der Waals surface area contributed by atoms with Crippen molar-refractivity contribution < 1.29 is 18.8 Å². The van der Waals surface area contributed by atoms with Gasteiger partial charge in [-0.25, -0.2) is 4.79 Å². The van der Waals surface area contributed by atoms with Gasteiger partial charge in [-0.1, -0.05) is 25.7 Å². The molecule has 2 unspecified atom stereocenters. The number of hydrogen-bond donors (Lipinski definition) is 1. The smallest absolute Gasteiger partial charge is 0.355 e.